The lowest BCUT2D eigenvalue weighted by Gasteiger charge is -2.24. The van der Waals surface area contributed by atoms with Gasteiger partial charge in [0.15, 0.2) is 0 Å². The first-order chi connectivity index (χ1) is 10.4. The standard InChI is InChI=1S/C20H25OP/c1-6-15-16(13(2)3)11-12-18-17-9-7-8-10-19(17)22(21,14(4)5)20(15)18/h7-14H,6H2,1-5H3. The first-order valence-electron chi connectivity index (χ1n) is 8.28. The Morgan fingerprint density at radius 3 is 2.23 bits per heavy atom. The molecule has 2 heteroatoms. The zero-order valence-electron chi connectivity index (χ0n) is 14.2. The second kappa shape index (κ2) is 5.39. The lowest BCUT2D eigenvalue weighted by Crippen LogP contribution is -2.22. The third-order valence-electron chi connectivity index (χ3n) is 4.91. The van der Waals surface area contributed by atoms with Crippen LogP contribution in [0.15, 0.2) is 36.4 Å². The van der Waals surface area contributed by atoms with Crippen LogP contribution >= 0.6 is 7.14 Å². The second-order valence-corrected chi connectivity index (χ2v) is 10.1. The van der Waals surface area contributed by atoms with Gasteiger partial charge in [0.2, 0.25) is 0 Å². The smallest absolute Gasteiger partial charge is 0.147 e. The van der Waals surface area contributed by atoms with Crippen LogP contribution in [0, 0.1) is 0 Å². The van der Waals surface area contributed by atoms with Gasteiger partial charge in [0.1, 0.15) is 7.14 Å². The maximum atomic E-state index is 14.1. The first-order valence-corrected chi connectivity index (χ1v) is 10.1. The van der Waals surface area contributed by atoms with Crippen LogP contribution in [0.4, 0.5) is 0 Å². The van der Waals surface area contributed by atoms with Crippen LogP contribution < -0.4 is 10.6 Å². The Hall–Kier alpha value is -1.33. The molecule has 1 aliphatic heterocycles. The van der Waals surface area contributed by atoms with Crippen molar-refractivity contribution < 1.29 is 4.57 Å². The van der Waals surface area contributed by atoms with Crippen molar-refractivity contribution in [3.8, 4) is 11.1 Å². The molecule has 1 nitrogen and oxygen atoms in total. The number of rotatable bonds is 3. The summed E-state index contributed by atoms with van der Waals surface area (Å²) in [5, 5.41) is 2.22. The van der Waals surface area contributed by atoms with Crippen molar-refractivity contribution in [2.45, 2.75) is 52.6 Å². The number of benzene rings is 2. The molecule has 3 rings (SSSR count). The molecule has 0 aromatic heterocycles. The summed E-state index contributed by atoms with van der Waals surface area (Å²) >= 11 is 0. The molecule has 1 unspecified atom stereocenters. The molecule has 0 spiro atoms. The third kappa shape index (κ3) is 1.95. The van der Waals surface area contributed by atoms with E-state index in [1.165, 1.54) is 22.3 Å². The van der Waals surface area contributed by atoms with Crippen LogP contribution in [-0.4, -0.2) is 5.66 Å². The van der Waals surface area contributed by atoms with Crippen molar-refractivity contribution in [3.05, 3.63) is 47.5 Å². The van der Waals surface area contributed by atoms with Gasteiger partial charge in [-0.2, -0.15) is 0 Å². The molecule has 0 fully saturated rings. The Morgan fingerprint density at radius 1 is 0.955 bits per heavy atom. The summed E-state index contributed by atoms with van der Waals surface area (Å²) in [6, 6.07) is 12.7. The van der Waals surface area contributed by atoms with Crippen molar-refractivity contribution >= 4 is 17.8 Å². The van der Waals surface area contributed by atoms with E-state index in [0.717, 1.165) is 17.0 Å². The zero-order valence-corrected chi connectivity index (χ0v) is 15.1. The molecule has 0 bridgehead atoms. The largest absolute Gasteiger partial charge is 0.313 e. The van der Waals surface area contributed by atoms with E-state index < -0.39 is 7.14 Å². The Labute approximate surface area is 134 Å². The Kier molecular flexibility index (Phi) is 3.81. The minimum Gasteiger partial charge on any atom is -0.313 e. The molecular formula is C20H25OP. The van der Waals surface area contributed by atoms with Gasteiger partial charge in [-0.1, -0.05) is 71.0 Å². The highest BCUT2D eigenvalue weighted by molar-refractivity contribution is 7.80. The zero-order chi connectivity index (χ0) is 16.1. The summed E-state index contributed by atoms with van der Waals surface area (Å²) in [6.07, 6.45) is 0.946. The molecule has 1 aliphatic rings. The van der Waals surface area contributed by atoms with Gasteiger partial charge in [0.25, 0.3) is 0 Å². The average molecular weight is 312 g/mol. The van der Waals surface area contributed by atoms with Crippen molar-refractivity contribution in [3.63, 3.8) is 0 Å². The summed E-state index contributed by atoms with van der Waals surface area (Å²) in [4.78, 5) is 0. The first kappa shape index (κ1) is 15.6. The van der Waals surface area contributed by atoms with E-state index in [-0.39, 0.29) is 5.66 Å². The second-order valence-electron chi connectivity index (χ2n) is 6.81. The van der Waals surface area contributed by atoms with Crippen LogP contribution in [-0.2, 0) is 11.0 Å². The van der Waals surface area contributed by atoms with Crippen molar-refractivity contribution in [2.75, 3.05) is 0 Å². The van der Waals surface area contributed by atoms with Crippen LogP contribution in [0.25, 0.3) is 11.1 Å². The summed E-state index contributed by atoms with van der Waals surface area (Å²) in [7, 11) is -2.54. The molecule has 0 N–H and O–H groups in total. The summed E-state index contributed by atoms with van der Waals surface area (Å²) in [6.45, 7) is 10.9. The fraction of sp³-hybridized carbons (Fsp3) is 0.400. The highest BCUT2D eigenvalue weighted by Crippen LogP contribution is 2.57. The number of hydrogen-bond donors (Lipinski definition) is 0. The van der Waals surface area contributed by atoms with Gasteiger partial charge in [-0.15, -0.1) is 0 Å². The monoisotopic (exact) mass is 312 g/mol. The predicted molar refractivity (Wildman–Crippen MR) is 97.4 cm³/mol. The molecule has 22 heavy (non-hydrogen) atoms. The van der Waals surface area contributed by atoms with Crippen molar-refractivity contribution in [1.29, 1.82) is 0 Å². The summed E-state index contributed by atoms with van der Waals surface area (Å²) in [5.41, 5.74) is 5.20. The van der Waals surface area contributed by atoms with E-state index in [9.17, 15) is 4.57 Å². The molecule has 2 aromatic rings. The molecule has 2 aromatic carbocycles. The highest BCUT2D eigenvalue weighted by Gasteiger charge is 2.42. The molecule has 1 heterocycles. The SMILES string of the molecule is CCc1c(C(C)C)ccc2c1P(=O)(C(C)C)c1ccccc1-2. The average Bonchev–Trinajstić information content (AvgIpc) is 2.78. The number of fused-ring (bicyclic) bond motifs is 3. The summed E-state index contributed by atoms with van der Waals surface area (Å²) in [5.74, 6) is 0.463. The normalized spacial score (nSPS) is 19.6. The van der Waals surface area contributed by atoms with Crippen LogP contribution in [0.5, 0.6) is 0 Å². The molecule has 1 atom stereocenters. The van der Waals surface area contributed by atoms with Gasteiger partial charge in [0, 0.05) is 16.3 Å². The van der Waals surface area contributed by atoms with E-state index in [2.05, 4.69) is 65.0 Å². The third-order valence-corrected chi connectivity index (χ3v) is 8.64. The molecule has 0 saturated heterocycles. The molecule has 116 valence electrons. The Balaban J connectivity index is 2.44. The van der Waals surface area contributed by atoms with E-state index in [1.807, 2.05) is 6.07 Å². The number of hydrogen-bond acceptors (Lipinski definition) is 1. The van der Waals surface area contributed by atoms with Gasteiger partial charge in [-0.05, 0) is 34.6 Å². The van der Waals surface area contributed by atoms with Gasteiger partial charge < -0.3 is 4.57 Å². The molecular weight excluding hydrogens is 287 g/mol. The van der Waals surface area contributed by atoms with Gasteiger partial charge in [0.05, 0.1) is 0 Å². The molecule has 0 radical (unpaired) electrons. The Bertz CT molecular complexity index is 771. The van der Waals surface area contributed by atoms with Crippen LogP contribution in [0.2, 0.25) is 0 Å². The minimum absolute atomic E-state index is 0.141. The fourth-order valence-electron chi connectivity index (χ4n) is 3.81. The van der Waals surface area contributed by atoms with Gasteiger partial charge in [-0.3, -0.25) is 0 Å². The van der Waals surface area contributed by atoms with E-state index in [1.54, 1.807) is 0 Å². The maximum absolute atomic E-state index is 14.1. The Morgan fingerprint density at radius 2 is 1.64 bits per heavy atom. The molecule has 0 saturated carbocycles. The van der Waals surface area contributed by atoms with E-state index >= 15 is 0 Å². The lowest BCUT2D eigenvalue weighted by molar-refractivity contribution is 0.582. The van der Waals surface area contributed by atoms with E-state index in [0.29, 0.717) is 5.92 Å². The fourth-order valence-corrected chi connectivity index (χ4v) is 7.22. The summed E-state index contributed by atoms with van der Waals surface area (Å²) < 4.78 is 14.1. The maximum Gasteiger partial charge on any atom is 0.147 e. The van der Waals surface area contributed by atoms with Gasteiger partial charge >= 0.3 is 0 Å². The van der Waals surface area contributed by atoms with Crippen LogP contribution in [0.3, 0.4) is 0 Å². The van der Waals surface area contributed by atoms with Crippen molar-refractivity contribution in [1.82, 2.24) is 0 Å². The molecule has 0 amide bonds. The quantitative estimate of drug-likeness (QED) is 0.723. The minimum atomic E-state index is -2.54. The van der Waals surface area contributed by atoms with Crippen LogP contribution in [0.1, 0.15) is 51.7 Å². The predicted octanol–water partition coefficient (Wildman–Crippen LogP) is 5.08. The topological polar surface area (TPSA) is 17.1 Å². The highest BCUT2D eigenvalue weighted by atomic mass is 31.2. The van der Waals surface area contributed by atoms with E-state index in [4.69, 9.17) is 0 Å². The van der Waals surface area contributed by atoms with Gasteiger partial charge in [-0.25, -0.2) is 0 Å². The van der Waals surface area contributed by atoms with Crippen molar-refractivity contribution in [2.24, 2.45) is 0 Å². The lowest BCUT2D eigenvalue weighted by atomic mass is 9.92. The molecule has 0 aliphatic carbocycles.